The Hall–Kier alpha value is -2.08. The Morgan fingerprint density at radius 1 is 1.17 bits per heavy atom. The number of rotatable bonds is 8. The van der Waals surface area contributed by atoms with E-state index in [1.165, 1.54) is 0 Å². The Morgan fingerprint density at radius 3 is 2.56 bits per heavy atom. The molecule has 0 atom stereocenters. The summed E-state index contributed by atoms with van der Waals surface area (Å²) in [6, 6.07) is 9.28. The Balaban J connectivity index is 2.04. The van der Waals surface area contributed by atoms with Gasteiger partial charge in [0.1, 0.15) is 12.4 Å². The Morgan fingerprint density at radius 2 is 1.89 bits per heavy atom. The molecular weight excluding hydrogens is 236 g/mol. The fraction of sp³-hybridized carbons (Fsp3) is 0.333. The Bertz CT molecular complexity index is 381. The zero-order chi connectivity index (χ0) is 13.2. The SMILES string of the molecule is O=C(O)CNCC(=O)NCCOc1ccccc1. The highest BCUT2D eigenvalue weighted by molar-refractivity contribution is 5.78. The molecule has 0 aliphatic heterocycles. The first kappa shape index (κ1) is 14.0. The Kier molecular flexibility index (Phi) is 6.27. The van der Waals surface area contributed by atoms with Crippen LogP contribution in [0.3, 0.4) is 0 Å². The molecule has 0 bridgehead atoms. The number of benzene rings is 1. The molecule has 3 N–H and O–H groups in total. The van der Waals surface area contributed by atoms with Crippen LogP contribution >= 0.6 is 0 Å². The van der Waals surface area contributed by atoms with Gasteiger partial charge >= 0.3 is 5.97 Å². The van der Waals surface area contributed by atoms with Crippen molar-refractivity contribution in [3.8, 4) is 5.75 Å². The predicted octanol–water partition coefficient (Wildman–Crippen LogP) is -0.144. The molecule has 6 heteroatoms. The molecule has 18 heavy (non-hydrogen) atoms. The molecule has 1 rings (SSSR count). The normalized spacial score (nSPS) is 9.78. The molecule has 0 radical (unpaired) electrons. The van der Waals surface area contributed by atoms with E-state index in [2.05, 4.69) is 10.6 Å². The maximum absolute atomic E-state index is 11.2. The summed E-state index contributed by atoms with van der Waals surface area (Å²) in [5, 5.41) is 13.5. The highest BCUT2D eigenvalue weighted by Gasteiger charge is 2.01. The van der Waals surface area contributed by atoms with Crippen LogP contribution in [0.4, 0.5) is 0 Å². The number of carbonyl (C=O) groups excluding carboxylic acids is 1. The van der Waals surface area contributed by atoms with Gasteiger partial charge in [-0.25, -0.2) is 0 Å². The van der Waals surface area contributed by atoms with Gasteiger partial charge in [-0.15, -0.1) is 0 Å². The van der Waals surface area contributed by atoms with Crippen LogP contribution in [0.15, 0.2) is 30.3 Å². The van der Waals surface area contributed by atoms with Crippen molar-refractivity contribution < 1.29 is 19.4 Å². The van der Waals surface area contributed by atoms with Crippen molar-refractivity contribution in [3.63, 3.8) is 0 Å². The highest BCUT2D eigenvalue weighted by Crippen LogP contribution is 2.07. The standard InChI is InChI=1S/C12H16N2O4/c15-11(8-13-9-12(16)17)14-6-7-18-10-4-2-1-3-5-10/h1-5,13H,6-9H2,(H,14,15)(H,16,17). The summed E-state index contributed by atoms with van der Waals surface area (Å²) < 4.78 is 5.37. The second-order valence-electron chi connectivity index (χ2n) is 3.51. The monoisotopic (exact) mass is 252 g/mol. The van der Waals surface area contributed by atoms with Crippen LogP contribution in [0.5, 0.6) is 5.75 Å². The summed E-state index contributed by atoms with van der Waals surface area (Å²) in [7, 11) is 0. The number of ether oxygens (including phenoxy) is 1. The summed E-state index contributed by atoms with van der Waals surface area (Å²) >= 11 is 0. The predicted molar refractivity (Wildman–Crippen MR) is 65.5 cm³/mol. The number of aliphatic carboxylic acids is 1. The van der Waals surface area contributed by atoms with Crippen molar-refractivity contribution in [2.45, 2.75) is 0 Å². The van der Waals surface area contributed by atoms with Gasteiger partial charge in [0.2, 0.25) is 5.91 Å². The molecule has 0 fully saturated rings. The minimum absolute atomic E-state index is 0.0162. The van der Waals surface area contributed by atoms with Gasteiger partial charge < -0.3 is 15.2 Å². The third-order valence-corrected chi connectivity index (χ3v) is 2.00. The van der Waals surface area contributed by atoms with Gasteiger partial charge in [0, 0.05) is 0 Å². The van der Waals surface area contributed by atoms with Crippen LogP contribution in [-0.2, 0) is 9.59 Å². The molecule has 0 aliphatic carbocycles. The summed E-state index contributed by atoms with van der Waals surface area (Å²) in [6.45, 7) is 0.503. The third-order valence-electron chi connectivity index (χ3n) is 2.00. The zero-order valence-corrected chi connectivity index (χ0v) is 9.89. The first-order chi connectivity index (χ1) is 8.68. The van der Waals surface area contributed by atoms with Crippen molar-refractivity contribution in [1.29, 1.82) is 0 Å². The number of nitrogens with one attached hydrogen (secondary N) is 2. The van der Waals surface area contributed by atoms with E-state index >= 15 is 0 Å². The van der Waals surface area contributed by atoms with E-state index in [9.17, 15) is 9.59 Å². The molecule has 0 aromatic heterocycles. The maximum atomic E-state index is 11.2. The molecule has 0 aliphatic rings. The minimum Gasteiger partial charge on any atom is -0.492 e. The first-order valence-corrected chi connectivity index (χ1v) is 5.55. The number of carbonyl (C=O) groups is 2. The third kappa shape index (κ3) is 6.49. The topological polar surface area (TPSA) is 87.7 Å². The lowest BCUT2D eigenvalue weighted by atomic mass is 10.3. The Labute approximate surface area is 105 Å². The van der Waals surface area contributed by atoms with E-state index in [-0.39, 0.29) is 19.0 Å². The molecule has 0 unspecified atom stereocenters. The van der Waals surface area contributed by atoms with Crippen molar-refractivity contribution >= 4 is 11.9 Å². The van der Waals surface area contributed by atoms with Gasteiger partial charge in [0.25, 0.3) is 0 Å². The molecule has 0 heterocycles. The summed E-state index contributed by atoms with van der Waals surface area (Å²) in [5.74, 6) is -0.501. The number of carboxylic acids is 1. The second-order valence-corrected chi connectivity index (χ2v) is 3.51. The van der Waals surface area contributed by atoms with Gasteiger partial charge in [-0.05, 0) is 12.1 Å². The summed E-state index contributed by atoms with van der Waals surface area (Å²) in [4.78, 5) is 21.4. The largest absolute Gasteiger partial charge is 0.492 e. The van der Waals surface area contributed by atoms with E-state index in [0.717, 1.165) is 5.75 Å². The van der Waals surface area contributed by atoms with Gasteiger partial charge in [-0.2, -0.15) is 0 Å². The number of amides is 1. The lowest BCUT2D eigenvalue weighted by molar-refractivity contribution is -0.136. The molecule has 6 nitrogen and oxygen atoms in total. The molecule has 1 amide bonds. The lowest BCUT2D eigenvalue weighted by Gasteiger charge is -2.07. The maximum Gasteiger partial charge on any atom is 0.317 e. The molecule has 0 saturated heterocycles. The first-order valence-electron chi connectivity index (χ1n) is 5.55. The average molecular weight is 252 g/mol. The molecule has 98 valence electrons. The van der Waals surface area contributed by atoms with Crippen molar-refractivity contribution in [3.05, 3.63) is 30.3 Å². The zero-order valence-electron chi connectivity index (χ0n) is 9.89. The van der Waals surface area contributed by atoms with Crippen LogP contribution in [0, 0.1) is 0 Å². The minimum atomic E-state index is -0.991. The van der Waals surface area contributed by atoms with E-state index < -0.39 is 5.97 Å². The fourth-order valence-electron chi connectivity index (χ4n) is 1.22. The van der Waals surface area contributed by atoms with Crippen LogP contribution in [0.1, 0.15) is 0 Å². The van der Waals surface area contributed by atoms with Crippen molar-refractivity contribution in [2.24, 2.45) is 0 Å². The van der Waals surface area contributed by atoms with E-state index in [4.69, 9.17) is 9.84 Å². The molecule has 1 aromatic rings. The van der Waals surface area contributed by atoms with Crippen LogP contribution in [0.25, 0.3) is 0 Å². The average Bonchev–Trinajstić information content (AvgIpc) is 2.35. The molecule has 1 aromatic carbocycles. The van der Waals surface area contributed by atoms with Gasteiger partial charge in [-0.3, -0.25) is 14.9 Å². The van der Waals surface area contributed by atoms with Crippen LogP contribution in [-0.4, -0.2) is 43.2 Å². The number of para-hydroxylation sites is 1. The molecule has 0 saturated carbocycles. The molecular formula is C12H16N2O4. The van der Waals surface area contributed by atoms with E-state index in [1.54, 1.807) is 0 Å². The quantitative estimate of drug-likeness (QED) is 0.560. The smallest absolute Gasteiger partial charge is 0.317 e. The van der Waals surface area contributed by atoms with E-state index in [0.29, 0.717) is 13.2 Å². The molecule has 0 spiro atoms. The number of carboxylic acid groups (broad SMARTS) is 1. The number of hydrogen-bond donors (Lipinski definition) is 3. The van der Waals surface area contributed by atoms with Crippen LogP contribution < -0.4 is 15.4 Å². The van der Waals surface area contributed by atoms with Gasteiger partial charge in [-0.1, -0.05) is 18.2 Å². The van der Waals surface area contributed by atoms with Gasteiger partial charge in [0.15, 0.2) is 0 Å². The van der Waals surface area contributed by atoms with Crippen molar-refractivity contribution in [1.82, 2.24) is 10.6 Å². The number of hydrogen-bond acceptors (Lipinski definition) is 4. The second kappa shape index (κ2) is 8.08. The van der Waals surface area contributed by atoms with Gasteiger partial charge in [0.05, 0.1) is 19.6 Å². The summed E-state index contributed by atoms with van der Waals surface area (Å²) in [6.07, 6.45) is 0. The highest BCUT2D eigenvalue weighted by atomic mass is 16.5. The van der Waals surface area contributed by atoms with E-state index in [1.807, 2.05) is 30.3 Å². The lowest BCUT2D eigenvalue weighted by Crippen LogP contribution is -2.37. The van der Waals surface area contributed by atoms with Crippen LogP contribution in [0.2, 0.25) is 0 Å². The fourth-order valence-corrected chi connectivity index (χ4v) is 1.22. The van der Waals surface area contributed by atoms with Crippen molar-refractivity contribution in [2.75, 3.05) is 26.2 Å². The summed E-state index contributed by atoms with van der Waals surface area (Å²) in [5.41, 5.74) is 0.